The van der Waals surface area contributed by atoms with Gasteiger partial charge < -0.3 is 4.90 Å². The molecule has 0 spiro atoms. The molecule has 0 atom stereocenters. The highest BCUT2D eigenvalue weighted by Gasteiger charge is 2.41. The fourth-order valence-electron chi connectivity index (χ4n) is 3.80. The molecule has 176 valence electrons. The van der Waals surface area contributed by atoms with Gasteiger partial charge in [0.25, 0.3) is 5.56 Å². The van der Waals surface area contributed by atoms with E-state index in [4.69, 9.17) is 0 Å². The molecule has 5 rings (SSSR count). The van der Waals surface area contributed by atoms with E-state index in [-0.39, 0.29) is 35.4 Å². The fourth-order valence-corrected chi connectivity index (χ4v) is 5.19. The van der Waals surface area contributed by atoms with Gasteiger partial charge in [-0.1, -0.05) is 6.07 Å². The Balaban J connectivity index is 1.62. The number of carbonyl (C=O) groups excluding carboxylic acids is 1. The van der Waals surface area contributed by atoms with E-state index >= 15 is 0 Å². The van der Waals surface area contributed by atoms with Crippen molar-refractivity contribution >= 4 is 43.4 Å². The molecule has 0 N–H and O–H groups in total. The molecule has 0 aliphatic carbocycles. The first-order valence-electron chi connectivity index (χ1n) is 10.4. The number of rotatable bonds is 3. The molecule has 1 amide bonds. The number of hydrogen-bond donors (Lipinski definition) is 0. The Labute approximate surface area is 210 Å². The van der Waals surface area contributed by atoms with Crippen molar-refractivity contribution < 1.29 is 13.6 Å². The lowest BCUT2D eigenvalue weighted by molar-refractivity contribution is -0.144. The molecular weight excluding hydrogens is 540 g/mol. The molecule has 0 unspecified atom stereocenters. The second-order valence-electron chi connectivity index (χ2n) is 8.28. The van der Waals surface area contributed by atoms with Gasteiger partial charge in [-0.05, 0) is 58.5 Å². The maximum absolute atomic E-state index is 13.9. The lowest BCUT2D eigenvalue weighted by atomic mass is 9.99. The van der Waals surface area contributed by atoms with E-state index in [2.05, 4.69) is 42.7 Å². The van der Waals surface area contributed by atoms with Gasteiger partial charge >= 0.3 is 0 Å². The van der Waals surface area contributed by atoms with Crippen LogP contribution >= 0.6 is 27.3 Å². The number of alkyl halides is 1. The zero-order chi connectivity index (χ0) is 24.7. The Morgan fingerprint density at radius 3 is 2.66 bits per heavy atom. The van der Waals surface area contributed by atoms with Crippen LogP contribution in [0.3, 0.4) is 0 Å². The van der Waals surface area contributed by atoms with Crippen LogP contribution in [0.2, 0.25) is 0 Å². The third-order valence-electron chi connectivity index (χ3n) is 5.44. The zero-order valence-corrected chi connectivity index (χ0v) is 20.7. The molecule has 7 nitrogen and oxygen atoms in total. The molecule has 4 aromatic rings. The topological polar surface area (TPSA) is 81.0 Å². The normalized spacial score (nSPS) is 14.3. The van der Waals surface area contributed by atoms with E-state index < -0.39 is 17.0 Å². The van der Waals surface area contributed by atoms with Crippen molar-refractivity contribution in [3.63, 3.8) is 0 Å². The van der Waals surface area contributed by atoms with E-state index in [9.17, 15) is 18.4 Å². The molecule has 1 saturated heterocycles. The van der Waals surface area contributed by atoms with Crippen LogP contribution in [0.5, 0.6) is 0 Å². The minimum Gasteiger partial charge on any atom is -0.335 e. The number of hydrogen-bond acceptors (Lipinski definition) is 6. The second kappa shape index (κ2) is 8.94. The first-order chi connectivity index (χ1) is 16.7. The summed E-state index contributed by atoms with van der Waals surface area (Å²) in [5, 5.41) is 0.265. The van der Waals surface area contributed by atoms with Crippen LogP contribution in [0.4, 0.5) is 8.78 Å². The van der Waals surface area contributed by atoms with Crippen LogP contribution in [-0.4, -0.2) is 49.1 Å². The van der Waals surface area contributed by atoms with Crippen LogP contribution in [0.1, 0.15) is 17.6 Å². The quantitative estimate of drug-likeness (QED) is 0.359. The van der Waals surface area contributed by atoms with Gasteiger partial charge in [-0.15, -0.1) is 11.3 Å². The number of fused-ring (bicyclic) bond motifs is 1. The molecule has 0 radical (unpaired) electrons. The van der Waals surface area contributed by atoms with Crippen LogP contribution in [0.15, 0.2) is 52.3 Å². The smallest absolute Gasteiger partial charge is 0.263 e. The standard InChI is InChI=1S/C24H16BrF2N5O2S/c1-24(27)11-32(12-24)19(33)10-31-13-30-22-21(23(31)34)20(14-3-4-16(26)15(25)9-14)17(35-22)5-6-18-28-7-2-8-29-18/h2-4,7-9,13H,10-12H2,1H3. The van der Waals surface area contributed by atoms with E-state index in [1.54, 1.807) is 30.6 Å². The highest BCUT2D eigenvalue weighted by Crippen LogP contribution is 2.37. The number of aromatic nitrogens is 4. The number of amides is 1. The number of nitrogens with zero attached hydrogens (tertiary/aromatic N) is 5. The van der Waals surface area contributed by atoms with Gasteiger partial charge in [-0.3, -0.25) is 14.2 Å². The minimum atomic E-state index is -1.41. The summed E-state index contributed by atoms with van der Waals surface area (Å²) in [6.45, 7) is 1.15. The predicted molar refractivity (Wildman–Crippen MR) is 131 cm³/mol. The monoisotopic (exact) mass is 555 g/mol. The summed E-state index contributed by atoms with van der Waals surface area (Å²) in [4.78, 5) is 40.9. The van der Waals surface area contributed by atoms with Gasteiger partial charge in [0.05, 0.1) is 34.2 Å². The maximum Gasteiger partial charge on any atom is 0.263 e. The second-order valence-corrected chi connectivity index (χ2v) is 10.1. The highest BCUT2D eigenvalue weighted by atomic mass is 79.9. The highest BCUT2D eigenvalue weighted by molar-refractivity contribution is 9.10. The largest absolute Gasteiger partial charge is 0.335 e. The third kappa shape index (κ3) is 4.59. The summed E-state index contributed by atoms with van der Waals surface area (Å²) in [5.41, 5.74) is -0.812. The van der Waals surface area contributed by atoms with Crippen LogP contribution in [0, 0.1) is 17.7 Å². The van der Waals surface area contributed by atoms with E-state index in [0.717, 1.165) is 0 Å². The average molecular weight is 556 g/mol. The Kier molecular flexibility index (Phi) is 5.94. The Bertz CT molecular complexity index is 1580. The number of halogens is 3. The molecule has 0 bridgehead atoms. The average Bonchev–Trinajstić information content (AvgIpc) is 3.19. The van der Waals surface area contributed by atoms with E-state index in [1.165, 1.54) is 40.1 Å². The molecule has 4 heterocycles. The third-order valence-corrected chi connectivity index (χ3v) is 7.06. The summed E-state index contributed by atoms with van der Waals surface area (Å²) in [5.74, 6) is 5.38. The molecule has 1 aliphatic heterocycles. The van der Waals surface area contributed by atoms with E-state index in [0.29, 0.717) is 26.7 Å². The van der Waals surface area contributed by atoms with E-state index in [1.807, 2.05) is 0 Å². The zero-order valence-electron chi connectivity index (χ0n) is 18.3. The number of benzene rings is 1. The van der Waals surface area contributed by atoms with Gasteiger partial charge in [0.2, 0.25) is 11.7 Å². The van der Waals surface area contributed by atoms with Crippen LogP contribution in [0.25, 0.3) is 21.3 Å². The summed E-state index contributed by atoms with van der Waals surface area (Å²) in [6, 6.07) is 6.08. The molecule has 1 fully saturated rings. The summed E-state index contributed by atoms with van der Waals surface area (Å²) < 4.78 is 29.2. The van der Waals surface area contributed by atoms with Gasteiger partial charge in [-0.25, -0.2) is 23.7 Å². The van der Waals surface area contributed by atoms with Crippen molar-refractivity contribution in [2.75, 3.05) is 13.1 Å². The van der Waals surface area contributed by atoms with Crippen molar-refractivity contribution in [2.45, 2.75) is 19.1 Å². The van der Waals surface area contributed by atoms with Gasteiger partial charge in [0.15, 0.2) is 0 Å². The summed E-state index contributed by atoms with van der Waals surface area (Å²) in [7, 11) is 0. The van der Waals surface area contributed by atoms with Crippen molar-refractivity contribution in [3.8, 4) is 23.0 Å². The van der Waals surface area contributed by atoms with Crippen molar-refractivity contribution in [2.24, 2.45) is 0 Å². The maximum atomic E-state index is 13.9. The minimum absolute atomic E-state index is 0.00907. The van der Waals surface area contributed by atoms with Crippen molar-refractivity contribution in [3.05, 3.63) is 74.3 Å². The molecule has 1 aromatic carbocycles. The SMILES string of the molecule is CC1(F)CN(C(=O)Cn2cnc3sc(C#Cc4ncccn4)c(-c4ccc(F)c(Br)c4)c3c2=O)C1. The molecule has 3 aromatic heterocycles. The number of thiophene rings is 1. The Morgan fingerprint density at radius 2 is 1.97 bits per heavy atom. The Hall–Kier alpha value is -3.49. The molecule has 0 saturated carbocycles. The van der Waals surface area contributed by atoms with Gasteiger partial charge in [-0.2, -0.15) is 0 Å². The predicted octanol–water partition coefficient (Wildman–Crippen LogP) is 3.79. The van der Waals surface area contributed by atoms with Crippen LogP contribution < -0.4 is 5.56 Å². The summed E-state index contributed by atoms with van der Waals surface area (Å²) in [6.07, 6.45) is 4.44. The Morgan fingerprint density at radius 1 is 1.23 bits per heavy atom. The molecule has 35 heavy (non-hydrogen) atoms. The lowest BCUT2D eigenvalue weighted by Crippen LogP contribution is -2.60. The summed E-state index contributed by atoms with van der Waals surface area (Å²) >= 11 is 4.40. The lowest BCUT2D eigenvalue weighted by Gasteiger charge is -2.42. The molecule has 1 aliphatic rings. The first-order valence-corrected chi connectivity index (χ1v) is 12.1. The molecular formula is C24H16BrF2N5O2S. The first kappa shape index (κ1) is 23.3. The number of likely N-dealkylation sites (tertiary alicyclic amines) is 1. The van der Waals surface area contributed by atoms with Crippen molar-refractivity contribution in [1.29, 1.82) is 0 Å². The molecule has 11 heteroatoms. The van der Waals surface area contributed by atoms with Gasteiger partial charge in [0.1, 0.15) is 22.9 Å². The fraction of sp³-hybridized carbons (Fsp3) is 0.208. The van der Waals surface area contributed by atoms with Gasteiger partial charge in [0, 0.05) is 18.0 Å². The van der Waals surface area contributed by atoms with Crippen LogP contribution in [-0.2, 0) is 11.3 Å². The van der Waals surface area contributed by atoms with Crippen molar-refractivity contribution in [1.82, 2.24) is 24.4 Å². The number of carbonyl (C=O) groups is 1.